The maximum atomic E-state index is 10.7. The van der Waals surface area contributed by atoms with Crippen molar-refractivity contribution in [2.24, 2.45) is 0 Å². The van der Waals surface area contributed by atoms with Crippen LogP contribution >= 0.6 is 16.4 Å². The van der Waals surface area contributed by atoms with E-state index in [1.807, 2.05) is 9.83 Å². The van der Waals surface area contributed by atoms with Crippen LogP contribution in [0.25, 0.3) is 0 Å². The number of halogens is 3. The first-order chi connectivity index (χ1) is 17.9. The van der Waals surface area contributed by atoms with Crippen molar-refractivity contribution in [3.05, 3.63) is 0 Å². The SMILES string of the molecule is C[Si](C)(C)C1=[PH+]C([Si](C)(C)C)([Si](C)(C)C)CC1.C[Si](C)(C)C1=[PH+]C([Si](C)(C)C)([Si](C)(C)C)CC1.O=S(=O)([O-])C(F)(F)F.[Ag+]. The summed E-state index contributed by atoms with van der Waals surface area (Å²) in [5.74, 6) is 0. The van der Waals surface area contributed by atoms with Crippen LogP contribution in [-0.4, -0.2) is 85.6 Å². The zero-order valence-corrected chi connectivity index (χ0v) is 40.7. The van der Waals surface area contributed by atoms with E-state index in [1.165, 1.54) is 42.1 Å². The minimum absolute atomic E-state index is 0. The molecule has 2 rings (SSSR count). The summed E-state index contributed by atoms with van der Waals surface area (Å²) in [6.45, 7) is 46.9. The smallest absolute Gasteiger partial charge is 0.741 e. The molecule has 0 fully saturated rings. The Hall–Kier alpha value is 2.08. The third kappa shape index (κ3) is 11.9. The van der Waals surface area contributed by atoms with Gasteiger partial charge in [-0.3, -0.25) is 0 Å². The molecule has 0 N–H and O–H groups in total. The van der Waals surface area contributed by atoms with Gasteiger partial charge in [-0.25, -0.2) is 8.42 Å². The van der Waals surface area contributed by atoms with Crippen LogP contribution in [-0.2, 0) is 32.5 Å². The summed E-state index contributed by atoms with van der Waals surface area (Å²) < 4.78 is 60.5. The van der Waals surface area contributed by atoms with Crippen molar-refractivity contribution in [3.63, 3.8) is 0 Å². The molecule has 43 heavy (non-hydrogen) atoms. The molecule has 0 radical (unpaired) electrons. The summed E-state index contributed by atoms with van der Waals surface area (Å²) in [6.07, 6.45) is 6.03. The zero-order valence-electron chi connectivity index (χ0n) is 30.4. The molecule has 2 atom stereocenters. The van der Waals surface area contributed by atoms with Crippen LogP contribution in [0.3, 0.4) is 0 Å². The van der Waals surface area contributed by atoms with Gasteiger partial charge in [0.1, 0.15) is 48.4 Å². The summed E-state index contributed by atoms with van der Waals surface area (Å²) in [5.41, 5.74) is -5.65. The minimum Gasteiger partial charge on any atom is -0.741 e. The second kappa shape index (κ2) is 14.9. The Morgan fingerprint density at radius 1 is 0.581 bits per heavy atom. The Balaban J connectivity index is 0. The normalized spacial score (nSPS) is 20.4. The second-order valence-electron chi connectivity index (χ2n) is 18.4. The van der Waals surface area contributed by atoms with Crippen LogP contribution in [0.15, 0.2) is 0 Å². The fourth-order valence-electron chi connectivity index (χ4n) is 7.02. The topological polar surface area (TPSA) is 57.2 Å². The minimum atomic E-state index is -6.09. The molecule has 16 heteroatoms. The van der Waals surface area contributed by atoms with E-state index >= 15 is 0 Å². The molecule has 0 aromatic carbocycles. The summed E-state index contributed by atoms with van der Waals surface area (Å²) in [4.78, 5) is 4.03. The van der Waals surface area contributed by atoms with Crippen molar-refractivity contribution in [2.75, 3.05) is 0 Å². The van der Waals surface area contributed by atoms with E-state index in [-0.39, 0.29) is 22.4 Å². The molecule has 0 aromatic rings. The van der Waals surface area contributed by atoms with Gasteiger partial charge in [-0.05, 0) is 12.8 Å². The van der Waals surface area contributed by atoms with Crippen LogP contribution in [0.4, 0.5) is 13.2 Å². The van der Waals surface area contributed by atoms with Gasteiger partial charge in [0.15, 0.2) is 10.1 Å². The van der Waals surface area contributed by atoms with Crippen LogP contribution in [0.2, 0.25) is 118 Å². The van der Waals surface area contributed by atoms with Gasteiger partial charge in [0.25, 0.3) is 0 Å². The average molecular weight is 864 g/mol. The van der Waals surface area contributed by atoms with Crippen molar-refractivity contribution < 1.29 is 48.5 Å². The van der Waals surface area contributed by atoms with Crippen molar-refractivity contribution in [1.29, 1.82) is 0 Å². The largest absolute Gasteiger partial charge is 1.00 e. The molecule has 2 aliphatic heterocycles. The average Bonchev–Trinajstić information content (AvgIpc) is 3.32. The Morgan fingerprint density at radius 2 is 0.767 bits per heavy atom. The summed E-state index contributed by atoms with van der Waals surface area (Å²) in [6, 6.07) is 0. The first-order valence-electron chi connectivity index (χ1n) is 15.2. The summed E-state index contributed by atoms with van der Waals surface area (Å²) >= 11 is 0. The molecule has 0 saturated heterocycles. The standard InChI is InChI=1S/2C13H31PSi3.CHF3O3S.Ag/c2*1-15(2,3)12-10-11-13(14-12,16(4,5)6)17(7,8)9;2-1(3,4)8(5,6)7;/h2*10-11H2,1-9H3;(H,5,6,7);/q;;;+1/p+1. The van der Waals surface area contributed by atoms with E-state index in [2.05, 4.69) is 118 Å². The van der Waals surface area contributed by atoms with Gasteiger partial charge in [-0.15, -0.1) is 0 Å². The van der Waals surface area contributed by atoms with E-state index in [0.717, 1.165) is 8.81 Å². The van der Waals surface area contributed by atoms with Crippen molar-refractivity contribution in [1.82, 2.24) is 0 Å². The van der Waals surface area contributed by atoms with E-state index in [1.54, 1.807) is 0 Å². The van der Waals surface area contributed by atoms with Crippen molar-refractivity contribution in [3.8, 4) is 0 Å². The first-order valence-corrected chi connectivity index (χ1v) is 39.6. The monoisotopic (exact) mass is 862 g/mol. The van der Waals surface area contributed by atoms with Crippen molar-refractivity contribution in [2.45, 2.75) is 158 Å². The van der Waals surface area contributed by atoms with Gasteiger partial charge < -0.3 is 4.55 Å². The number of hydrogen-bond donors (Lipinski definition) is 0. The molecule has 2 aliphatic rings. The molecule has 0 bridgehead atoms. The van der Waals surface area contributed by atoms with Gasteiger partial charge in [0, 0.05) is 12.8 Å². The van der Waals surface area contributed by atoms with Crippen LogP contribution in [0.1, 0.15) is 25.7 Å². The third-order valence-electron chi connectivity index (χ3n) is 9.44. The fourth-order valence-corrected chi connectivity index (χ4v) is 45.9. The van der Waals surface area contributed by atoms with Crippen molar-refractivity contribution >= 4 is 84.8 Å². The third-order valence-corrected chi connectivity index (χ3v) is 52.6. The summed E-state index contributed by atoms with van der Waals surface area (Å²) in [5, 5.41) is 0. The predicted molar refractivity (Wildman–Crippen MR) is 206 cm³/mol. The maximum Gasteiger partial charge on any atom is 1.00 e. The predicted octanol–water partition coefficient (Wildman–Crippen LogP) is 10.1. The molecular formula is C27H64AgF3O3P2SSi6+2. The number of alkyl halides is 3. The molecule has 260 valence electrons. The second-order valence-corrected chi connectivity index (χ2v) is 58.8. The van der Waals surface area contributed by atoms with Gasteiger partial charge in [-0.2, -0.15) is 13.2 Å². The molecule has 0 amide bonds. The van der Waals surface area contributed by atoms with Crippen LogP contribution < -0.4 is 0 Å². The van der Waals surface area contributed by atoms with Crippen LogP contribution in [0.5, 0.6) is 0 Å². The molecular weight excluding hydrogens is 800 g/mol. The Labute approximate surface area is 289 Å². The molecule has 0 spiro atoms. The van der Waals surface area contributed by atoms with Gasteiger partial charge in [0.05, 0.1) is 35.0 Å². The van der Waals surface area contributed by atoms with E-state index in [9.17, 15) is 13.2 Å². The molecule has 3 nitrogen and oxygen atoms in total. The number of rotatable bonds is 6. The summed E-state index contributed by atoms with van der Waals surface area (Å²) in [7, 11) is -9.87. The van der Waals surface area contributed by atoms with E-state index < -0.39 is 64.1 Å². The Morgan fingerprint density at radius 3 is 0.837 bits per heavy atom. The van der Waals surface area contributed by atoms with Gasteiger partial charge in [0.2, 0.25) is 0 Å². The maximum absolute atomic E-state index is 10.7. The number of hydrogen-bond acceptors (Lipinski definition) is 3. The van der Waals surface area contributed by atoms with E-state index in [0.29, 0.717) is 0 Å². The quantitative estimate of drug-likeness (QED) is 0.116. The molecule has 0 aliphatic carbocycles. The molecule has 0 aromatic heterocycles. The zero-order chi connectivity index (χ0) is 34.4. The van der Waals surface area contributed by atoms with Crippen LogP contribution in [0, 0.1) is 0 Å². The van der Waals surface area contributed by atoms with E-state index in [4.69, 9.17) is 13.0 Å². The first kappa shape index (κ1) is 47.2. The molecule has 0 saturated carbocycles. The molecule has 2 unspecified atom stereocenters. The fraction of sp³-hybridized carbons (Fsp3) is 0.926. The van der Waals surface area contributed by atoms with Gasteiger partial charge in [-0.1, -0.05) is 118 Å². The van der Waals surface area contributed by atoms with Gasteiger partial charge >= 0.3 is 27.9 Å². The Kier molecular flexibility index (Phi) is 16.4. The molecule has 2 heterocycles. The Bertz CT molecular complexity index is 1030.